The molecule has 1 fully saturated rings. The second-order valence-corrected chi connectivity index (χ2v) is 14.9. The van der Waals surface area contributed by atoms with Crippen LogP contribution < -0.4 is 14.5 Å². The van der Waals surface area contributed by atoms with E-state index in [1.165, 1.54) is 32.2 Å². The van der Waals surface area contributed by atoms with Gasteiger partial charge in [0.25, 0.3) is 0 Å². The Balaban J connectivity index is 1.32. The average molecular weight is 759 g/mol. The molecule has 0 radical (unpaired) electrons. The number of carbonyl (C=O) groups is 4. The fourth-order valence-electron chi connectivity index (χ4n) is 6.72. The van der Waals surface area contributed by atoms with Gasteiger partial charge in [-0.25, -0.2) is 0 Å². The molecule has 258 valence electrons. The Kier molecular flexibility index (Phi) is 9.64. The Morgan fingerprint density at radius 3 is 2.47 bits per heavy atom. The summed E-state index contributed by atoms with van der Waals surface area (Å²) in [5.74, 6) is -3.71. The predicted octanol–water partition coefficient (Wildman–Crippen LogP) is 2.29. The molecule has 0 aromatic heterocycles. The van der Waals surface area contributed by atoms with E-state index in [2.05, 4.69) is 5.32 Å². The van der Waals surface area contributed by atoms with Gasteiger partial charge in [-0.1, -0.05) is 12.1 Å². The molecule has 0 bridgehead atoms. The number of phenolic OH excluding ortho intramolecular Hbond substituents is 2. The van der Waals surface area contributed by atoms with Gasteiger partial charge in [-0.2, -0.15) is 0 Å². The molecule has 3 aromatic carbocycles. The summed E-state index contributed by atoms with van der Waals surface area (Å²) in [6.45, 7) is 2.75. The van der Waals surface area contributed by atoms with Crippen molar-refractivity contribution in [3.05, 3.63) is 80.9 Å². The summed E-state index contributed by atoms with van der Waals surface area (Å²) in [4.78, 5) is 53.3. The van der Waals surface area contributed by atoms with E-state index in [9.17, 15) is 39.6 Å². The third kappa shape index (κ3) is 6.25. The van der Waals surface area contributed by atoms with Crippen LogP contribution in [-0.4, -0.2) is 95.9 Å². The van der Waals surface area contributed by atoms with Crippen LogP contribution in [0.2, 0.25) is 10.3 Å². The second kappa shape index (κ2) is 13.5. The van der Waals surface area contributed by atoms with E-state index in [0.29, 0.717) is 5.02 Å². The molecule has 1 heterocycles. The standard InChI is InChI=1S/C35H34ClNO11Se/c1-15-30(40)20(37-24(39)14-49-23-10-5-4-8-19(23)36)11-25(47-15)48-22-13-35(45,16(2)38)12-18-27(22)34(44)29-28(32(18)42)31(41)17-7-6-9-21(46-3)26(17)33(29)43/h4-10,15,20,22,25,30,40,42,44-45H,11-14H2,1-3H3,(H,37,39)/t15-,20-,22-,25-,30-,35-/m0/s1. The fourth-order valence-corrected chi connectivity index (χ4v) is 8.72. The van der Waals surface area contributed by atoms with Gasteiger partial charge in [0.1, 0.15) is 5.75 Å². The van der Waals surface area contributed by atoms with Crippen molar-refractivity contribution < 1.29 is 53.8 Å². The number of fused-ring (bicyclic) bond motifs is 3. The molecule has 5 N–H and O–H groups in total. The maximum absolute atomic E-state index is 13.9. The van der Waals surface area contributed by atoms with Crippen LogP contribution >= 0.6 is 11.6 Å². The van der Waals surface area contributed by atoms with Crippen molar-refractivity contribution in [1.29, 1.82) is 0 Å². The number of aromatic hydroxyl groups is 2. The number of benzene rings is 3. The summed E-state index contributed by atoms with van der Waals surface area (Å²) in [7, 11) is 1.33. The first kappa shape index (κ1) is 35.0. The number of ketones is 3. The fraction of sp³-hybridized carbons (Fsp3) is 0.371. The number of halogens is 1. The molecule has 49 heavy (non-hydrogen) atoms. The molecular formula is C35H34ClNO11Se. The van der Waals surface area contributed by atoms with E-state index >= 15 is 0 Å². The van der Waals surface area contributed by atoms with Crippen molar-refractivity contribution >= 4 is 54.3 Å². The molecule has 1 aliphatic heterocycles. The van der Waals surface area contributed by atoms with E-state index in [1.54, 1.807) is 19.1 Å². The quantitative estimate of drug-likeness (QED) is 0.131. The number of aliphatic hydroxyl groups is 2. The minimum atomic E-state index is -2.08. The van der Waals surface area contributed by atoms with Crippen LogP contribution in [0.1, 0.15) is 75.8 Å². The van der Waals surface area contributed by atoms with Gasteiger partial charge in [0.15, 0.2) is 5.78 Å². The van der Waals surface area contributed by atoms with Crippen LogP contribution in [-0.2, 0) is 25.5 Å². The molecule has 1 saturated heterocycles. The van der Waals surface area contributed by atoms with Gasteiger partial charge < -0.3 is 4.74 Å². The number of amides is 1. The number of hydrogen-bond acceptors (Lipinski definition) is 11. The third-order valence-electron chi connectivity index (χ3n) is 9.30. The number of methoxy groups -OCH3 is 1. The zero-order valence-corrected chi connectivity index (χ0v) is 29.2. The average Bonchev–Trinajstić information content (AvgIpc) is 3.06. The minimum absolute atomic E-state index is 0.0405. The molecule has 3 aliphatic rings. The van der Waals surface area contributed by atoms with Crippen LogP contribution in [0.3, 0.4) is 0 Å². The Hall–Kier alpha value is -3.81. The van der Waals surface area contributed by atoms with Gasteiger partial charge in [0.05, 0.1) is 12.7 Å². The summed E-state index contributed by atoms with van der Waals surface area (Å²) in [5, 5.41) is 49.2. The molecule has 1 amide bonds. The zero-order chi connectivity index (χ0) is 35.4. The van der Waals surface area contributed by atoms with Crippen molar-refractivity contribution in [2.75, 3.05) is 7.11 Å². The number of rotatable bonds is 8. The molecule has 0 saturated carbocycles. The van der Waals surface area contributed by atoms with Gasteiger partial charge in [-0.05, 0) is 6.07 Å². The molecule has 2 aliphatic carbocycles. The molecule has 3 aromatic rings. The van der Waals surface area contributed by atoms with Crippen molar-refractivity contribution in [3.63, 3.8) is 0 Å². The summed E-state index contributed by atoms with van der Waals surface area (Å²) in [6.07, 6.45) is -5.32. The normalized spacial score (nSPS) is 26.0. The van der Waals surface area contributed by atoms with Crippen molar-refractivity contribution in [2.24, 2.45) is 0 Å². The van der Waals surface area contributed by atoms with Gasteiger partial charge in [0.2, 0.25) is 0 Å². The molecule has 12 nitrogen and oxygen atoms in total. The Bertz CT molecular complexity index is 1880. The van der Waals surface area contributed by atoms with Crippen LogP contribution in [0.25, 0.3) is 0 Å². The van der Waals surface area contributed by atoms with E-state index in [1.807, 2.05) is 12.1 Å². The van der Waals surface area contributed by atoms with Gasteiger partial charge in [0, 0.05) is 5.56 Å². The van der Waals surface area contributed by atoms with E-state index in [-0.39, 0.29) is 60.6 Å². The monoisotopic (exact) mass is 759 g/mol. The molecule has 0 unspecified atom stereocenters. The predicted molar refractivity (Wildman–Crippen MR) is 176 cm³/mol. The van der Waals surface area contributed by atoms with E-state index < -0.39 is 89.1 Å². The number of carbonyl (C=O) groups excluding carboxylic acids is 4. The Morgan fingerprint density at radius 2 is 1.78 bits per heavy atom. The van der Waals surface area contributed by atoms with Crippen LogP contribution in [0.4, 0.5) is 0 Å². The molecule has 14 heteroatoms. The van der Waals surface area contributed by atoms with Crippen LogP contribution in [0.15, 0.2) is 42.5 Å². The maximum atomic E-state index is 13.9. The SMILES string of the molecule is COc1cccc2c1C(=O)c1c(O)c3c(c(O)c1C2=O)C[C@@](O)(C(C)=O)C[C@@H]3O[C@H]1C[C@H](NC(=O)C[Se]c2ccccc2Cl)[C@@H](O)[C@H](C)O1. The summed E-state index contributed by atoms with van der Waals surface area (Å²) in [6, 6.07) is 10.8. The molecule has 6 rings (SSSR count). The topological polar surface area (TPSA) is 189 Å². The number of hydrogen-bond donors (Lipinski definition) is 5. The third-order valence-corrected chi connectivity index (χ3v) is 12.1. The first-order valence-electron chi connectivity index (χ1n) is 15.5. The number of Topliss-reactive ketones (excluding diaryl/α,β-unsaturated/α-hetero) is 1. The molecular weight excluding hydrogens is 725 g/mol. The summed E-state index contributed by atoms with van der Waals surface area (Å²) < 4.78 is 18.4. The number of nitrogens with one attached hydrogen (secondary N) is 1. The zero-order valence-electron chi connectivity index (χ0n) is 26.7. The first-order valence-corrected chi connectivity index (χ1v) is 18.0. The van der Waals surface area contributed by atoms with Crippen LogP contribution in [0.5, 0.6) is 17.2 Å². The molecule has 0 spiro atoms. The number of ether oxygens (including phenoxy) is 3. The van der Waals surface area contributed by atoms with E-state index in [0.717, 1.165) is 4.46 Å². The molecule has 6 atom stereocenters. The second-order valence-electron chi connectivity index (χ2n) is 12.4. The van der Waals surface area contributed by atoms with Crippen LogP contribution in [0, 0.1) is 0 Å². The Labute approximate surface area is 292 Å². The number of aliphatic hydroxyl groups excluding tert-OH is 1. The van der Waals surface area contributed by atoms with E-state index in [4.69, 9.17) is 25.8 Å². The van der Waals surface area contributed by atoms with Crippen molar-refractivity contribution in [2.45, 2.75) is 74.7 Å². The van der Waals surface area contributed by atoms with Crippen molar-refractivity contribution in [1.82, 2.24) is 5.32 Å². The first-order chi connectivity index (χ1) is 23.2. The van der Waals surface area contributed by atoms with Gasteiger partial charge in [-0.3, -0.25) is 9.59 Å². The summed E-state index contributed by atoms with van der Waals surface area (Å²) >= 11 is 5.97. The van der Waals surface area contributed by atoms with Gasteiger partial charge >= 0.3 is 231 Å². The Morgan fingerprint density at radius 1 is 1.06 bits per heavy atom. The van der Waals surface area contributed by atoms with Crippen molar-refractivity contribution in [3.8, 4) is 17.2 Å². The summed E-state index contributed by atoms with van der Waals surface area (Å²) in [5.41, 5.74) is -3.34. The van der Waals surface area contributed by atoms with Gasteiger partial charge in [-0.15, -0.1) is 0 Å². The number of phenols is 2.